The van der Waals surface area contributed by atoms with E-state index in [2.05, 4.69) is 26.7 Å². The van der Waals surface area contributed by atoms with Gasteiger partial charge in [-0.15, -0.1) is 0 Å². The fourth-order valence-electron chi connectivity index (χ4n) is 4.41. The number of benzene rings is 2. The molecule has 0 saturated carbocycles. The molecule has 40 heavy (non-hydrogen) atoms. The van der Waals surface area contributed by atoms with Crippen molar-refractivity contribution in [2.75, 3.05) is 12.4 Å². The molecule has 4 rings (SSSR count). The van der Waals surface area contributed by atoms with Gasteiger partial charge in [0.2, 0.25) is 0 Å². The summed E-state index contributed by atoms with van der Waals surface area (Å²) < 4.78 is 10.5. The summed E-state index contributed by atoms with van der Waals surface area (Å²) in [6.07, 6.45) is 3.29. The topological polar surface area (TPSA) is 129 Å². The Hall–Kier alpha value is -4.84. The van der Waals surface area contributed by atoms with Gasteiger partial charge in [-0.3, -0.25) is 4.98 Å². The molecule has 3 N–H and O–H groups in total. The van der Waals surface area contributed by atoms with Crippen LogP contribution in [-0.4, -0.2) is 46.8 Å². The highest BCUT2D eigenvalue weighted by molar-refractivity contribution is 5.97. The number of pyridine rings is 1. The van der Waals surface area contributed by atoms with E-state index < -0.39 is 29.7 Å². The van der Waals surface area contributed by atoms with Gasteiger partial charge >= 0.3 is 12.1 Å². The van der Waals surface area contributed by atoms with Gasteiger partial charge in [0.05, 0.1) is 24.8 Å². The third-order valence-corrected chi connectivity index (χ3v) is 6.34. The van der Waals surface area contributed by atoms with Crippen molar-refractivity contribution in [1.29, 1.82) is 5.26 Å². The summed E-state index contributed by atoms with van der Waals surface area (Å²) in [5, 5.41) is 17.3. The molecule has 9 heteroatoms. The van der Waals surface area contributed by atoms with Crippen LogP contribution >= 0.6 is 0 Å². The maximum Gasteiger partial charge on any atom is 0.407 e. The van der Waals surface area contributed by atoms with Crippen LogP contribution in [0.25, 0.3) is 22.0 Å². The number of nitrogens with zero attached hydrogens (tertiary/aromatic N) is 2. The molecule has 0 aliphatic heterocycles. The summed E-state index contributed by atoms with van der Waals surface area (Å²) in [6, 6.07) is 17.5. The zero-order valence-corrected chi connectivity index (χ0v) is 23.2. The number of aromatic amines is 1. The predicted molar refractivity (Wildman–Crippen MR) is 154 cm³/mol. The number of rotatable bonds is 8. The van der Waals surface area contributed by atoms with Crippen LogP contribution in [0.3, 0.4) is 0 Å². The Kier molecular flexibility index (Phi) is 8.39. The predicted octanol–water partition coefficient (Wildman–Crippen LogP) is 5.77. The van der Waals surface area contributed by atoms with Crippen molar-refractivity contribution in [3.05, 3.63) is 83.8 Å². The first kappa shape index (κ1) is 28.2. The minimum Gasteiger partial charge on any atom is -0.465 e. The van der Waals surface area contributed by atoms with Gasteiger partial charge in [-0.2, -0.15) is 5.26 Å². The number of carbonyl (C=O) groups is 2. The van der Waals surface area contributed by atoms with Gasteiger partial charge in [-0.25, -0.2) is 9.59 Å². The van der Waals surface area contributed by atoms with Crippen LogP contribution in [0.15, 0.2) is 67.0 Å². The van der Waals surface area contributed by atoms with Crippen molar-refractivity contribution >= 4 is 28.7 Å². The third-order valence-electron chi connectivity index (χ3n) is 6.34. The largest absolute Gasteiger partial charge is 0.465 e. The van der Waals surface area contributed by atoms with Crippen LogP contribution < -0.4 is 10.6 Å². The Bertz CT molecular complexity index is 1550. The molecule has 2 atom stereocenters. The number of H-pyrrole nitrogens is 1. The molecule has 0 saturated heterocycles. The molecule has 9 nitrogen and oxygen atoms in total. The molecular weight excluding hydrogens is 506 g/mol. The van der Waals surface area contributed by atoms with Crippen LogP contribution in [-0.2, 0) is 15.9 Å². The van der Waals surface area contributed by atoms with E-state index in [0.717, 1.165) is 33.3 Å². The number of fused-ring (bicyclic) bond motifs is 1. The van der Waals surface area contributed by atoms with E-state index >= 15 is 0 Å². The van der Waals surface area contributed by atoms with Crippen molar-refractivity contribution in [2.24, 2.45) is 0 Å². The SMILES string of the molecule is COC(=O)c1cc(-c2ccc(C)nc2)ccc1NC(C#N)C(Cc1c[nH]c2ccccc12)NC(=O)OC(C)(C)C. The van der Waals surface area contributed by atoms with Crippen molar-refractivity contribution < 1.29 is 19.1 Å². The smallest absolute Gasteiger partial charge is 0.407 e. The van der Waals surface area contributed by atoms with Crippen molar-refractivity contribution in [3.8, 4) is 17.2 Å². The zero-order chi connectivity index (χ0) is 28.9. The second-order valence-electron chi connectivity index (χ2n) is 10.5. The number of ether oxygens (including phenoxy) is 2. The fraction of sp³-hybridized carbons (Fsp3) is 0.290. The Morgan fingerprint density at radius 1 is 1.10 bits per heavy atom. The average molecular weight is 540 g/mol. The summed E-state index contributed by atoms with van der Waals surface area (Å²) >= 11 is 0. The maximum atomic E-state index is 12.8. The number of nitriles is 1. The molecule has 4 aromatic rings. The van der Waals surface area contributed by atoms with Gasteiger partial charge in [0.15, 0.2) is 0 Å². The van der Waals surface area contributed by atoms with Gasteiger partial charge in [0, 0.05) is 40.2 Å². The molecule has 2 heterocycles. The molecule has 0 fully saturated rings. The minimum atomic E-state index is -0.920. The molecular formula is C31H33N5O4. The third kappa shape index (κ3) is 6.77. The number of para-hydroxylation sites is 1. The molecule has 0 spiro atoms. The Labute approximate surface area is 233 Å². The number of hydrogen-bond acceptors (Lipinski definition) is 7. The van der Waals surface area contributed by atoms with Crippen LogP contribution in [0, 0.1) is 18.3 Å². The van der Waals surface area contributed by atoms with Crippen LogP contribution in [0.4, 0.5) is 10.5 Å². The van der Waals surface area contributed by atoms with Gasteiger partial charge in [-0.05, 0) is 69.5 Å². The highest BCUT2D eigenvalue weighted by Gasteiger charge is 2.28. The molecule has 2 unspecified atom stereocenters. The molecule has 0 bridgehead atoms. The quantitative estimate of drug-likeness (QED) is 0.243. The lowest BCUT2D eigenvalue weighted by atomic mass is 9.98. The van der Waals surface area contributed by atoms with Gasteiger partial charge in [0.1, 0.15) is 11.6 Å². The van der Waals surface area contributed by atoms with E-state index in [1.165, 1.54) is 7.11 Å². The number of aryl methyl sites for hydroxylation is 1. The monoisotopic (exact) mass is 539 g/mol. The van der Waals surface area contributed by atoms with Gasteiger partial charge in [-0.1, -0.05) is 30.3 Å². The standard InChI is InChI=1S/C31H33N5O4/c1-19-10-11-21(17-33-19)20-12-13-26(24(14-20)29(37)39-5)35-28(16-32)27(36-30(38)40-31(2,3)4)15-22-18-34-25-9-7-6-8-23(22)25/h6-14,17-18,27-28,34-35H,15H2,1-5H3,(H,36,38). The van der Waals surface area contributed by atoms with Gasteiger partial charge < -0.3 is 25.1 Å². The molecule has 2 aromatic heterocycles. The number of esters is 1. The van der Waals surface area contributed by atoms with E-state index in [9.17, 15) is 14.9 Å². The maximum absolute atomic E-state index is 12.8. The summed E-state index contributed by atoms with van der Waals surface area (Å²) in [6.45, 7) is 7.22. The van der Waals surface area contributed by atoms with E-state index in [4.69, 9.17) is 9.47 Å². The fourth-order valence-corrected chi connectivity index (χ4v) is 4.41. The molecule has 2 aromatic carbocycles. The van der Waals surface area contributed by atoms with Crippen molar-refractivity contribution in [3.63, 3.8) is 0 Å². The summed E-state index contributed by atoms with van der Waals surface area (Å²) in [5.41, 5.74) is 4.30. The van der Waals surface area contributed by atoms with Crippen molar-refractivity contribution in [2.45, 2.75) is 51.8 Å². The first-order valence-corrected chi connectivity index (χ1v) is 12.9. The number of carbonyl (C=O) groups excluding carboxylic acids is 2. The Balaban J connectivity index is 1.68. The Morgan fingerprint density at radius 2 is 1.85 bits per heavy atom. The van der Waals surface area contributed by atoms with E-state index in [1.54, 1.807) is 39.1 Å². The minimum absolute atomic E-state index is 0.254. The molecule has 206 valence electrons. The highest BCUT2D eigenvalue weighted by atomic mass is 16.6. The first-order chi connectivity index (χ1) is 19.1. The number of hydrogen-bond donors (Lipinski definition) is 3. The van der Waals surface area contributed by atoms with E-state index in [0.29, 0.717) is 12.1 Å². The summed E-state index contributed by atoms with van der Waals surface area (Å²) in [7, 11) is 1.30. The number of amides is 1. The van der Waals surface area contributed by atoms with Crippen LogP contribution in [0.5, 0.6) is 0 Å². The lowest BCUT2D eigenvalue weighted by Gasteiger charge is -2.27. The average Bonchev–Trinajstić information content (AvgIpc) is 3.33. The number of alkyl carbamates (subject to hydrolysis) is 1. The highest BCUT2D eigenvalue weighted by Crippen LogP contribution is 2.27. The lowest BCUT2D eigenvalue weighted by Crippen LogP contribution is -2.49. The lowest BCUT2D eigenvalue weighted by molar-refractivity contribution is 0.0501. The van der Waals surface area contributed by atoms with Crippen LogP contribution in [0.1, 0.15) is 42.4 Å². The second-order valence-corrected chi connectivity index (χ2v) is 10.5. The Morgan fingerprint density at radius 3 is 2.52 bits per heavy atom. The molecule has 1 amide bonds. The second kappa shape index (κ2) is 11.9. The zero-order valence-electron chi connectivity index (χ0n) is 23.2. The van der Waals surface area contributed by atoms with Crippen molar-refractivity contribution in [1.82, 2.24) is 15.3 Å². The molecule has 0 radical (unpaired) electrons. The normalized spacial score (nSPS) is 12.7. The van der Waals surface area contributed by atoms with E-state index in [1.807, 2.05) is 55.6 Å². The number of aromatic nitrogens is 2. The van der Waals surface area contributed by atoms with E-state index in [-0.39, 0.29) is 5.56 Å². The van der Waals surface area contributed by atoms with Crippen LogP contribution in [0.2, 0.25) is 0 Å². The number of methoxy groups -OCH3 is 1. The first-order valence-electron chi connectivity index (χ1n) is 12.9. The number of anilines is 1. The molecule has 0 aliphatic carbocycles. The summed E-state index contributed by atoms with van der Waals surface area (Å²) in [5.74, 6) is -0.561. The molecule has 0 aliphatic rings. The summed E-state index contributed by atoms with van der Waals surface area (Å²) in [4.78, 5) is 33.2. The van der Waals surface area contributed by atoms with Gasteiger partial charge in [0.25, 0.3) is 0 Å². The number of nitrogens with one attached hydrogen (secondary N) is 3.